The summed E-state index contributed by atoms with van der Waals surface area (Å²) in [6.07, 6.45) is -4.60. The van der Waals surface area contributed by atoms with Crippen LogP contribution in [0.2, 0.25) is 5.02 Å². The van der Waals surface area contributed by atoms with Crippen LogP contribution in [0.25, 0.3) is 10.9 Å². The van der Waals surface area contributed by atoms with Gasteiger partial charge in [0.05, 0.1) is 27.2 Å². The normalized spacial score (nSPS) is 11.6. The Bertz CT molecular complexity index is 1120. The van der Waals surface area contributed by atoms with Gasteiger partial charge in [0.25, 0.3) is 5.91 Å². The topological polar surface area (TPSA) is 64.0 Å². The van der Waals surface area contributed by atoms with Crippen LogP contribution in [0.4, 0.5) is 18.9 Å². The first-order valence-electron chi connectivity index (χ1n) is 7.73. The minimum Gasteiger partial charge on any atom is -0.319 e. The third-order valence-electron chi connectivity index (χ3n) is 3.97. The van der Waals surface area contributed by atoms with Gasteiger partial charge in [0.15, 0.2) is 5.69 Å². The van der Waals surface area contributed by atoms with E-state index in [2.05, 4.69) is 10.4 Å². The maximum atomic E-state index is 12.9. The Morgan fingerprint density at radius 3 is 2.56 bits per heavy atom. The summed E-state index contributed by atoms with van der Waals surface area (Å²) < 4.78 is 40.0. The molecule has 1 amide bonds. The van der Waals surface area contributed by atoms with E-state index in [4.69, 9.17) is 11.6 Å². The first-order chi connectivity index (χ1) is 12.6. The molecule has 27 heavy (non-hydrogen) atoms. The Hall–Kier alpha value is -2.87. The first-order valence-corrected chi connectivity index (χ1v) is 8.11. The lowest BCUT2D eigenvalue weighted by Crippen LogP contribution is -2.26. The lowest BCUT2D eigenvalue weighted by molar-refractivity contribution is -0.137. The van der Waals surface area contributed by atoms with E-state index in [9.17, 15) is 22.8 Å². The Labute approximate surface area is 156 Å². The molecule has 140 valence electrons. The van der Waals surface area contributed by atoms with Crippen molar-refractivity contribution in [3.8, 4) is 0 Å². The second kappa shape index (κ2) is 6.70. The molecule has 0 saturated carbocycles. The first kappa shape index (κ1) is 18.9. The van der Waals surface area contributed by atoms with Crippen molar-refractivity contribution in [1.82, 2.24) is 9.78 Å². The molecule has 0 fully saturated rings. The molecule has 1 N–H and O–H groups in total. The quantitative estimate of drug-likeness (QED) is 0.708. The summed E-state index contributed by atoms with van der Waals surface area (Å²) >= 11 is 5.88. The van der Waals surface area contributed by atoms with Crippen molar-refractivity contribution < 1.29 is 18.0 Å². The zero-order valence-corrected chi connectivity index (χ0v) is 14.9. The highest BCUT2D eigenvalue weighted by molar-refractivity contribution is 6.34. The molecular formula is C18H13ClF3N3O2. The number of carbonyl (C=O) groups is 1. The van der Waals surface area contributed by atoms with Crippen LogP contribution in [0.15, 0.2) is 41.2 Å². The molecule has 0 radical (unpaired) electrons. The molecule has 5 nitrogen and oxygen atoms in total. The molecule has 0 saturated heterocycles. The van der Waals surface area contributed by atoms with Crippen LogP contribution in [0, 0.1) is 6.92 Å². The summed E-state index contributed by atoms with van der Waals surface area (Å²) in [7, 11) is 1.56. The Morgan fingerprint density at radius 1 is 1.19 bits per heavy atom. The van der Waals surface area contributed by atoms with Gasteiger partial charge in [0.2, 0.25) is 5.43 Å². The summed E-state index contributed by atoms with van der Waals surface area (Å²) in [6.45, 7) is 1.79. The van der Waals surface area contributed by atoms with E-state index in [1.54, 1.807) is 32.2 Å². The van der Waals surface area contributed by atoms with Crippen molar-refractivity contribution in [3.63, 3.8) is 0 Å². The van der Waals surface area contributed by atoms with Crippen molar-refractivity contribution in [2.24, 2.45) is 7.05 Å². The number of benzene rings is 2. The summed E-state index contributed by atoms with van der Waals surface area (Å²) in [6, 6.07) is 7.64. The number of hydrogen-bond acceptors (Lipinski definition) is 3. The van der Waals surface area contributed by atoms with Gasteiger partial charge in [0, 0.05) is 7.05 Å². The average Bonchev–Trinajstić information content (AvgIpc) is 2.58. The molecule has 9 heteroatoms. The molecule has 0 unspecified atom stereocenters. The minimum atomic E-state index is -4.60. The highest BCUT2D eigenvalue weighted by Crippen LogP contribution is 2.33. The van der Waals surface area contributed by atoms with Crippen molar-refractivity contribution in [2.45, 2.75) is 13.1 Å². The van der Waals surface area contributed by atoms with Crippen molar-refractivity contribution in [2.75, 3.05) is 5.32 Å². The molecular weight excluding hydrogens is 383 g/mol. The van der Waals surface area contributed by atoms with Gasteiger partial charge < -0.3 is 5.32 Å². The maximum Gasteiger partial charge on any atom is 0.416 e. The van der Waals surface area contributed by atoms with E-state index < -0.39 is 28.8 Å². The van der Waals surface area contributed by atoms with Gasteiger partial charge in [-0.15, -0.1) is 0 Å². The van der Waals surface area contributed by atoms with Crippen LogP contribution >= 0.6 is 11.6 Å². The largest absolute Gasteiger partial charge is 0.416 e. The molecule has 3 aromatic rings. The van der Waals surface area contributed by atoms with Gasteiger partial charge in [-0.1, -0.05) is 23.2 Å². The Kier molecular flexibility index (Phi) is 4.69. The lowest BCUT2D eigenvalue weighted by Gasteiger charge is -2.12. The number of aromatic nitrogens is 2. The highest BCUT2D eigenvalue weighted by Gasteiger charge is 2.31. The van der Waals surface area contributed by atoms with Crippen LogP contribution < -0.4 is 10.7 Å². The smallest absolute Gasteiger partial charge is 0.319 e. The third kappa shape index (κ3) is 3.66. The van der Waals surface area contributed by atoms with Crippen molar-refractivity contribution in [1.29, 1.82) is 0 Å². The number of rotatable bonds is 2. The number of carbonyl (C=O) groups excluding carboxylic acids is 1. The number of halogens is 4. The number of nitrogens with zero attached hydrogens (tertiary/aromatic N) is 2. The number of fused-ring (bicyclic) bond motifs is 1. The number of hydrogen-bond donors (Lipinski definition) is 1. The van der Waals surface area contributed by atoms with E-state index in [0.29, 0.717) is 11.6 Å². The second-order valence-electron chi connectivity index (χ2n) is 5.97. The molecule has 3 rings (SSSR count). The van der Waals surface area contributed by atoms with Crippen LogP contribution in [0.5, 0.6) is 0 Å². The Balaban J connectivity index is 2.05. The van der Waals surface area contributed by atoms with Gasteiger partial charge >= 0.3 is 6.18 Å². The molecule has 0 aliphatic rings. The molecule has 1 heterocycles. The number of alkyl halides is 3. The molecule has 0 spiro atoms. The van der Waals surface area contributed by atoms with E-state index in [0.717, 1.165) is 17.7 Å². The monoisotopic (exact) mass is 395 g/mol. The van der Waals surface area contributed by atoms with Gasteiger partial charge in [0.1, 0.15) is 0 Å². The second-order valence-corrected chi connectivity index (χ2v) is 6.38. The molecule has 0 aliphatic heterocycles. The van der Waals surface area contributed by atoms with Gasteiger partial charge in [-0.05, 0) is 37.3 Å². The van der Waals surface area contributed by atoms with Crippen LogP contribution in [-0.2, 0) is 13.2 Å². The number of nitrogens with one attached hydrogen (secondary N) is 1. The summed E-state index contributed by atoms with van der Waals surface area (Å²) in [5, 5.41) is 6.39. The lowest BCUT2D eigenvalue weighted by atomic mass is 10.1. The molecule has 0 atom stereocenters. The van der Waals surface area contributed by atoms with E-state index in [1.807, 2.05) is 0 Å². The fourth-order valence-electron chi connectivity index (χ4n) is 2.62. The number of anilines is 1. The van der Waals surface area contributed by atoms with Crippen LogP contribution in [0.3, 0.4) is 0 Å². The number of amides is 1. The summed E-state index contributed by atoms with van der Waals surface area (Å²) in [5.41, 5.74) is -0.948. The van der Waals surface area contributed by atoms with Gasteiger partial charge in [-0.3, -0.25) is 14.3 Å². The zero-order chi connectivity index (χ0) is 19.9. The summed E-state index contributed by atoms with van der Waals surface area (Å²) in [4.78, 5) is 25.1. The highest BCUT2D eigenvalue weighted by atomic mass is 35.5. The van der Waals surface area contributed by atoms with Crippen molar-refractivity contribution >= 4 is 34.1 Å². The van der Waals surface area contributed by atoms with Gasteiger partial charge in [-0.25, -0.2) is 0 Å². The van der Waals surface area contributed by atoms with E-state index in [1.165, 1.54) is 4.68 Å². The third-order valence-corrected chi connectivity index (χ3v) is 4.30. The Morgan fingerprint density at radius 2 is 1.89 bits per heavy atom. The molecule has 2 aromatic carbocycles. The SMILES string of the molecule is Cc1ccc2c(c1)c(=O)c(C(=O)Nc1cc(C(F)(F)F)ccc1Cl)nn2C. The number of aryl methyl sites for hydroxylation is 2. The fourth-order valence-corrected chi connectivity index (χ4v) is 2.78. The standard InChI is InChI=1S/C18H13ClF3N3O2/c1-9-3-6-14-11(7-9)16(26)15(24-25(14)2)17(27)23-13-8-10(18(20,21)22)4-5-12(13)19/h3-8H,1-2H3,(H,23,27). The van der Waals surface area contributed by atoms with E-state index >= 15 is 0 Å². The molecule has 0 bridgehead atoms. The zero-order valence-electron chi connectivity index (χ0n) is 14.2. The maximum absolute atomic E-state index is 12.9. The molecule has 0 aliphatic carbocycles. The fraction of sp³-hybridized carbons (Fsp3) is 0.167. The predicted molar refractivity (Wildman–Crippen MR) is 96.1 cm³/mol. The summed E-state index contributed by atoms with van der Waals surface area (Å²) in [5.74, 6) is -0.944. The van der Waals surface area contributed by atoms with Crippen LogP contribution in [0.1, 0.15) is 21.6 Å². The van der Waals surface area contributed by atoms with E-state index in [-0.39, 0.29) is 16.1 Å². The van der Waals surface area contributed by atoms with Crippen molar-refractivity contribution in [3.05, 3.63) is 68.5 Å². The minimum absolute atomic E-state index is 0.0928. The average molecular weight is 396 g/mol. The molecule has 1 aromatic heterocycles. The van der Waals surface area contributed by atoms with Crippen LogP contribution in [-0.4, -0.2) is 15.7 Å². The van der Waals surface area contributed by atoms with Gasteiger partial charge in [-0.2, -0.15) is 18.3 Å². The predicted octanol–water partition coefficient (Wildman–Crippen LogP) is 4.17.